The number of benzene rings is 1. The number of carbonyl (C=O) groups excluding carboxylic acids is 1. The largest absolute Gasteiger partial charge is 0.349 e. The maximum Gasteiger partial charge on any atom is 0.243 e. The third-order valence-corrected chi connectivity index (χ3v) is 5.77. The predicted molar refractivity (Wildman–Crippen MR) is 83.5 cm³/mol. The Labute approximate surface area is 137 Å². The summed E-state index contributed by atoms with van der Waals surface area (Å²) in [5, 5.41) is 13.8. The second kappa shape index (κ2) is 6.25. The van der Waals surface area contributed by atoms with Gasteiger partial charge < -0.3 is 5.32 Å². The summed E-state index contributed by atoms with van der Waals surface area (Å²) in [6.07, 6.45) is 0. The first-order valence-corrected chi connectivity index (χ1v) is 9.16. The summed E-state index contributed by atoms with van der Waals surface area (Å²) in [4.78, 5) is 13.1. The number of tetrazole rings is 1. The molecule has 1 aliphatic heterocycles. The standard InChI is InChI=1S/C13H14ClN5O3S/c14-10-7-23(21,22)8-11(10)15-12(20)6-19-17-13(16-18-19)9-4-2-1-3-5-9/h1-5,10-11H,6-8H2,(H,15,20)/t10-,11+/m1/s1. The van der Waals surface area contributed by atoms with Crippen LogP contribution in [-0.2, 0) is 21.2 Å². The Kier molecular flexibility index (Phi) is 4.31. The van der Waals surface area contributed by atoms with Gasteiger partial charge in [0, 0.05) is 5.56 Å². The lowest BCUT2D eigenvalue weighted by Gasteiger charge is -2.13. The number of rotatable bonds is 4. The SMILES string of the molecule is O=C(Cn1nnc(-c2ccccc2)n1)N[C@H]1CS(=O)(=O)C[C@H]1Cl. The fourth-order valence-electron chi connectivity index (χ4n) is 2.33. The third-order valence-electron chi connectivity index (χ3n) is 3.40. The van der Waals surface area contributed by atoms with Crippen LogP contribution in [-0.4, -0.2) is 57.5 Å². The Hall–Kier alpha value is -2.00. The molecule has 0 aliphatic carbocycles. The summed E-state index contributed by atoms with van der Waals surface area (Å²) in [5.74, 6) is -0.265. The van der Waals surface area contributed by atoms with Crippen molar-refractivity contribution in [1.82, 2.24) is 25.5 Å². The Bertz CT molecular complexity index is 808. The molecule has 1 aliphatic rings. The lowest BCUT2D eigenvalue weighted by Crippen LogP contribution is -2.42. The lowest BCUT2D eigenvalue weighted by molar-refractivity contribution is -0.122. The first-order chi connectivity index (χ1) is 10.9. The van der Waals surface area contributed by atoms with Gasteiger partial charge in [-0.15, -0.1) is 21.8 Å². The zero-order valence-corrected chi connectivity index (χ0v) is 13.5. The molecule has 0 radical (unpaired) electrons. The number of halogens is 1. The van der Waals surface area contributed by atoms with E-state index in [4.69, 9.17) is 11.6 Å². The third kappa shape index (κ3) is 3.85. The summed E-state index contributed by atoms with van der Waals surface area (Å²) >= 11 is 5.95. The van der Waals surface area contributed by atoms with Gasteiger partial charge in [-0.3, -0.25) is 4.79 Å². The Morgan fingerprint density at radius 1 is 1.30 bits per heavy atom. The summed E-state index contributed by atoms with van der Waals surface area (Å²) in [6.45, 7) is -0.153. The minimum atomic E-state index is -3.19. The van der Waals surface area contributed by atoms with Crippen LogP contribution >= 0.6 is 11.6 Å². The van der Waals surface area contributed by atoms with Crippen molar-refractivity contribution in [3.8, 4) is 11.4 Å². The normalized spacial score (nSPS) is 22.8. The van der Waals surface area contributed by atoms with E-state index in [2.05, 4.69) is 20.7 Å². The van der Waals surface area contributed by atoms with Crippen molar-refractivity contribution >= 4 is 27.3 Å². The molecule has 1 amide bonds. The molecule has 122 valence electrons. The van der Waals surface area contributed by atoms with Crippen LogP contribution in [0.4, 0.5) is 0 Å². The Morgan fingerprint density at radius 2 is 2.04 bits per heavy atom. The van der Waals surface area contributed by atoms with Gasteiger partial charge in [0.1, 0.15) is 6.54 Å². The van der Waals surface area contributed by atoms with Crippen molar-refractivity contribution in [1.29, 1.82) is 0 Å². The molecule has 2 aromatic rings. The van der Waals surface area contributed by atoms with Gasteiger partial charge in [-0.1, -0.05) is 30.3 Å². The highest BCUT2D eigenvalue weighted by Crippen LogP contribution is 2.18. The summed E-state index contributed by atoms with van der Waals surface area (Å²) in [6, 6.07) is 8.66. The smallest absolute Gasteiger partial charge is 0.243 e. The van der Waals surface area contributed by atoms with Crippen LogP contribution in [0.3, 0.4) is 0 Å². The van der Waals surface area contributed by atoms with E-state index in [1.54, 1.807) is 0 Å². The van der Waals surface area contributed by atoms with E-state index < -0.39 is 27.2 Å². The van der Waals surface area contributed by atoms with E-state index in [0.29, 0.717) is 5.82 Å². The highest BCUT2D eigenvalue weighted by Gasteiger charge is 2.37. The minimum absolute atomic E-state index is 0.126. The molecule has 1 N–H and O–H groups in total. The average molecular weight is 356 g/mol. The Morgan fingerprint density at radius 3 is 2.70 bits per heavy atom. The van der Waals surface area contributed by atoms with Crippen LogP contribution in [0, 0.1) is 0 Å². The quantitative estimate of drug-likeness (QED) is 0.765. The van der Waals surface area contributed by atoms with Gasteiger partial charge in [0.25, 0.3) is 0 Å². The highest BCUT2D eigenvalue weighted by atomic mass is 35.5. The highest BCUT2D eigenvalue weighted by molar-refractivity contribution is 7.91. The van der Waals surface area contributed by atoms with Crippen LogP contribution in [0.1, 0.15) is 0 Å². The molecule has 1 aromatic carbocycles. The summed E-state index contributed by atoms with van der Waals surface area (Å²) in [7, 11) is -3.19. The fraction of sp³-hybridized carbons (Fsp3) is 0.385. The minimum Gasteiger partial charge on any atom is -0.349 e. The average Bonchev–Trinajstić information content (AvgIpc) is 3.04. The van der Waals surface area contributed by atoms with Crippen LogP contribution in [0.15, 0.2) is 30.3 Å². The van der Waals surface area contributed by atoms with Crippen molar-refractivity contribution in [3.05, 3.63) is 30.3 Å². The monoisotopic (exact) mass is 355 g/mol. The number of nitrogens with one attached hydrogen (secondary N) is 1. The molecule has 1 fully saturated rings. The van der Waals surface area contributed by atoms with Gasteiger partial charge in [-0.05, 0) is 5.21 Å². The van der Waals surface area contributed by atoms with Gasteiger partial charge in [0.15, 0.2) is 9.84 Å². The van der Waals surface area contributed by atoms with Crippen LogP contribution in [0.5, 0.6) is 0 Å². The van der Waals surface area contributed by atoms with Gasteiger partial charge >= 0.3 is 0 Å². The fourth-order valence-corrected chi connectivity index (χ4v) is 4.88. The van der Waals surface area contributed by atoms with E-state index in [0.717, 1.165) is 10.4 Å². The van der Waals surface area contributed by atoms with Crippen molar-refractivity contribution in [2.45, 2.75) is 18.0 Å². The van der Waals surface area contributed by atoms with E-state index in [1.165, 1.54) is 0 Å². The molecule has 0 unspecified atom stereocenters. The van der Waals surface area contributed by atoms with E-state index in [9.17, 15) is 13.2 Å². The van der Waals surface area contributed by atoms with Gasteiger partial charge in [0.05, 0.1) is 22.9 Å². The zero-order chi connectivity index (χ0) is 16.4. The maximum atomic E-state index is 12.0. The van der Waals surface area contributed by atoms with Crippen molar-refractivity contribution in [3.63, 3.8) is 0 Å². The zero-order valence-electron chi connectivity index (χ0n) is 12.0. The molecule has 23 heavy (non-hydrogen) atoms. The molecule has 8 nitrogen and oxygen atoms in total. The predicted octanol–water partition coefficient (Wildman–Crippen LogP) is -0.139. The van der Waals surface area contributed by atoms with Gasteiger partial charge in [-0.25, -0.2) is 8.42 Å². The van der Waals surface area contributed by atoms with Crippen molar-refractivity contribution in [2.24, 2.45) is 0 Å². The number of hydrogen-bond donors (Lipinski definition) is 1. The number of nitrogens with zero attached hydrogens (tertiary/aromatic N) is 4. The number of aromatic nitrogens is 4. The number of carbonyl (C=O) groups is 1. The van der Waals surface area contributed by atoms with Crippen molar-refractivity contribution in [2.75, 3.05) is 11.5 Å². The number of hydrogen-bond acceptors (Lipinski definition) is 6. The molecule has 3 rings (SSSR count). The first-order valence-electron chi connectivity index (χ1n) is 6.90. The molecule has 0 spiro atoms. The van der Waals surface area contributed by atoms with Crippen LogP contribution in [0.2, 0.25) is 0 Å². The van der Waals surface area contributed by atoms with E-state index >= 15 is 0 Å². The second-order valence-electron chi connectivity index (χ2n) is 5.28. The number of sulfone groups is 1. The molecule has 1 aromatic heterocycles. The molecule has 2 heterocycles. The molecular formula is C13H14ClN5O3S. The Balaban J connectivity index is 1.62. The summed E-state index contributed by atoms with van der Waals surface area (Å²) in [5.41, 5.74) is 0.793. The lowest BCUT2D eigenvalue weighted by atomic mass is 10.2. The van der Waals surface area contributed by atoms with Gasteiger partial charge in [0.2, 0.25) is 11.7 Å². The van der Waals surface area contributed by atoms with Crippen LogP contribution < -0.4 is 5.32 Å². The van der Waals surface area contributed by atoms with Crippen LogP contribution in [0.25, 0.3) is 11.4 Å². The molecule has 0 bridgehead atoms. The maximum absolute atomic E-state index is 12.0. The molecule has 10 heteroatoms. The molecule has 1 saturated heterocycles. The molecule has 2 atom stereocenters. The molecular weight excluding hydrogens is 342 g/mol. The second-order valence-corrected chi connectivity index (χ2v) is 7.99. The number of alkyl halides is 1. The summed E-state index contributed by atoms with van der Waals surface area (Å²) < 4.78 is 23.0. The van der Waals surface area contributed by atoms with E-state index in [-0.39, 0.29) is 18.1 Å². The van der Waals surface area contributed by atoms with Gasteiger partial charge in [-0.2, -0.15) is 4.80 Å². The van der Waals surface area contributed by atoms with E-state index in [1.807, 2.05) is 30.3 Å². The topological polar surface area (TPSA) is 107 Å². The molecule has 0 saturated carbocycles. The number of amides is 1. The first kappa shape index (κ1) is 15.9. The van der Waals surface area contributed by atoms with Crippen molar-refractivity contribution < 1.29 is 13.2 Å².